The fraction of sp³-hybridized carbons (Fsp3) is 0.381. The van der Waals surface area contributed by atoms with Gasteiger partial charge in [-0.05, 0) is 18.1 Å². The quantitative estimate of drug-likeness (QED) is 0.728. The van der Waals surface area contributed by atoms with Gasteiger partial charge >= 0.3 is 0 Å². The first kappa shape index (κ1) is 17.2. The predicted octanol–water partition coefficient (Wildman–Crippen LogP) is 3.24. The summed E-state index contributed by atoms with van der Waals surface area (Å²) in [6.45, 7) is 10.4. The van der Waals surface area contributed by atoms with Gasteiger partial charge in [-0.1, -0.05) is 60.7 Å². The van der Waals surface area contributed by atoms with Gasteiger partial charge < -0.3 is 4.74 Å². The van der Waals surface area contributed by atoms with E-state index in [0.29, 0.717) is 12.6 Å². The Morgan fingerprint density at radius 2 is 1.38 bits per heavy atom. The van der Waals surface area contributed by atoms with Crippen molar-refractivity contribution in [3.8, 4) is 0 Å². The summed E-state index contributed by atoms with van der Waals surface area (Å²) in [5.41, 5.74) is 2.75. The Balaban J connectivity index is 1.69. The molecule has 0 aliphatic carbocycles. The number of nitrogens with zero attached hydrogens (tertiary/aromatic N) is 2. The Morgan fingerprint density at radius 1 is 0.833 bits per heavy atom. The Bertz CT molecular complexity index is 540. The normalized spacial score (nSPS) is 16.6. The highest BCUT2D eigenvalue weighted by molar-refractivity contribution is 5.31. The third-order valence-corrected chi connectivity index (χ3v) is 4.70. The maximum absolute atomic E-state index is 5.38. The Morgan fingerprint density at radius 3 is 1.88 bits per heavy atom. The second kappa shape index (κ2) is 8.97. The van der Waals surface area contributed by atoms with E-state index in [2.05, 4.69) is 77.4 Å². The highest BCUT2D eigenvalue weighted by Gasteiger charge is 2.25. The average molecular weight is 323 g/mol. The van der Waals surface area contributed by atoms with Gasteiger partial charge in [0.25, 0.3) is 0 Å². The minimum absolute atomic E-state index is 0.339. The maximum atomic E-state index is 5.38. The molecular formula is C21H27N2O. The third-order valence-electron chi connectivity index (χ3n) is 4.70. The topological polar surface area (TPSA) is 15.7 Å². The van der Waals surface area contributed by atoms with Crippen LogP contribution in [0.2, 0.25) is 0 Å². The van der Waals surface area contributed by atoms with Crippen molar-refractivity contribution in [2.24, 2.45) is 0 Å². The first-order valence-electron chi connectivity index (χ1n) is 8.82. The molecule has 1 saturated heterocycles. The van der Waals surface area contributed by atoms with Gasteiger partial charge in [-0.2, -0.15) is 0 Å². The first-order chi connectivity index (χ1) is 11.9. The van der Waals surface area contributed by atoms with Crippen LogP contribution in [0.5, 0.6) is 0 Å². The molecule has 3 heteroatoms. The lowest BCUT2D eigenvalue weighted by Crippen LogP contribution is -2.48. The molecule has 2 aromatic rings. The zero-order chi connectivity index (χ0) is 16.6. The maximum Gasteiger partial charge on any atom is 0.0602 e. The van der Waals surface area contributed by atoms with Gasteiger partial charge in [0.1, 0.15) is 0 Å². The fourth-order valence-corrected chi connectivity index (χ4v) is 3.43. The van der Waals surface area contributed by atoms with Crippen LogP contribution in [0, 0.1) is 6.92 Å². The molecule has 1 aliphatic heterocycles. The number of benzene rings is 2. The number of ether oxygens (including phenoxy) is 1. The molecule has 1 heterocycles. The van der Waals surface area contributed by atoms with Crippen molar-refractivity contribution in [1.29, 1.82) is 0 Å². The zero-order valence-electron chi connectivity index (χ0n) is 14.3. The molecular weight excluding hydrogens is 296 g/mol. The van der Waals surface area contributed by atoms with Gasteiger partial charge in [-0.3, -0.25) is 9.80 Å². The van der Waals surface area contributed by atoms with Gasteiger partial charge in [-0.25, -0.2) is 0 Å². The second-order valence-electron chi connectivity index (χ2n) is 6.21. The van der Waals surface area contributed by atoms with Crippen LogP contribution in [0.1, 0.15) is 17.2 Å². The summed E-state index contributed by atoms with van der Waals surface area (Å²) in [6, 6.07) is 22.0. The van der Waals surface area contributed by atoms with Crippen LogP contribution < -0.4 is 0 Å². The number of piperazine rings is 1. The minimum atomic E-state index is 0.339. The van der Waals surface area contributed by atoms with E-state index < -0.39 is 0 Å². The standard InChI is InChI=1S/C21H27N2O/c1-2-24-18-17-22-13-15-23(16-14-22)21(19-9-5-3-6-10-19)20-11-7-4-8-12-20/h3-12,21H,1-2,13-18H2. The molecule has 3 nitrogen and oxygen atoms in total. The van der Waals surface area contributed by atoms with E-state index in [1.165, 1.54) is 11.1 Å². The summed E-state index contributed by atoms with van der Waals surface area (Å²) in [6.07, 6.45) is 0. The highest BCUT2D eigenvalue weighted by Crippen LogP contribution is 2.29. The lowest BCUT2D eigenvalue weighted by atomic mass is 9.96. The smallest absolute Gasteiger partial charge is 0.0602 e. The van der Waals surface area contributed by atoms with Crippen molar-refractivity contribution in [3.05, 3.63) is 78.7 Å². The monoisotopic (exact) mass is 323 g/mol. The molecule has 127 valence electrons. The SMILES string of the molecule is [CH2]COCCN1CCN(C(c2ccccc2)c2ccccc2)CC1. The van der Waals surface area contributed by atoms with Crippen molar-refractivity contribution in [1.82, 2.24) is 9.80 Å². The lowest BCUT2D eigenvalue weighted by Gasteiger charge is -2.39. The third kappa shape index (κ3) is 4.44. The summed E-state index contributed by atoms with van der Waals surface area (Å²) in [5, 5.41) is 0. The molecule has 0 unspecified atom stereocenters. The van der Waals surface area contributed by atoms with E-state index in [1.54, 1.807) is 0 Å². The van der Waals surface area contributed by atoms with Crippen LogP contribution in [0.4, 0.5) is 0 Å². The van der Waals surface area contributed by atoms with E-state index in [9.17, 15) is 0 Å². The number of hydrogen-bond donors (Lipinski definition) is 0. The van der Waals surface area contributed by atoms with Gasteiger partial charge in [0.2, 0.25) is 0 Å². The Labute approximate surface area is 145 Å². The molecule has 0 bridgehead atoms. The molecule has 0 aromatic heterocycles. The zero-order valence-corrected chi connectivity index (χ0v) is 14.3. The van der Waals surface area contributed by atoms with Gasteiger partial charge in [-0.15, -0.1) is 0 Å². The van der Waals surface area contributed by atoms with Gasteiger partial charge in [0.05, 0.1) is 12.6 Å². The molecule has 0 spiro atoms. The van der Waals surface area contributed by atoms with Gasteiger partial charge in [0, 0.05) is 39.3 Å². The molecule has 2 aromatic carbocycles. The van der Waals surface area contributed by atoms with Crippen molar-refractivity contribution < 1.29 is 4.74 Å². The summed E-state index contributed by atoms with van der Waals surface area (Å²) in [4.78, 5) is 5.09. The summed E-state index contributed by atoms with van der Waals surface area (Å²) < 4.78 is 5.38. The van der Waals surface area contributed by atoms with Crippen LogP contribution in [0.25, 0.3) is 0 Å². The van der Waals surface area contributed by atoms with Crippen LogP contribution >= 0.6 is 0 Å². The molecule has 0 N–H and O–H groups in total. The van der Waals surface area contributed by atoms with E-state index in [4.69, 9.17) is 4.74 Å². The van der Waals surface area contributed by atoms with E-state index >= 15 is 0 Å². The molecule has 1 fully saturated rings. The van der Waals surface area contributed by atoms with Crippen LogP contribution in [0.15, 0.2) is 60.7 Å². The van der Waals surface area contributed by atoms with Crippen molar-refractivity contribution >= 4 is 0 Å². The Kier molecular flexibility index (Phi) is 6.41. The van der Waals surface area contributed by atoms with Crippen molar-refractivity contribution in [2.45, 2.75) is 6.04 Å². The summed E-state index contributed by atoms with van der Waals surface area (Å²) >= 11 is 0. The van der Waals surface area contributed by atoms with Crippen molar-refractivity contribution in [3.63, 3.8) is 0 Å². The molecule has 0 saturated carbocycles. The van der Waals surface area contributed by atoms with Crippen LogP contribution in [0.3, 0.4) is 0 Å². The fourth-order valence-electron chi connectivity index (χ4n) is 3.43. The molecule has 1 aliphatic rings. The van der Waals surface area contributed by atoms with E-state index in [0.717, 1.165) is 39.3 Å². The molecule has 0 amide bonds. The summed E-state index contributed by atoms with van der Waals surface area (Å²) in [7, 11) is 0. The second-order valence-corrected chi connectivity index (χ2v) is 6.21. The van der Waals surface area contributed by atoms with Crippen LogP contribution in [-0.2, 0) is 4.74 Å². The molecule has 3 rings (SSSR count). The van der Waals surface area contributed by atoms with Crippen molar-refractivity contribution in [2.75, 3.05) is 45.9 Å². The van der Waals surface area contributed by atoms with E-state index in [-0.39, 0.29) is 0 Å². The average Bonchev–Trinajstić information content (AvgIpc) is 2.65. The van der Waals surface area contributed by atoms with Crippen LogP contribution in [-0.4, -0.2) is 55.7 Å². The lowest BCUT2D eigenvalue weighted by molar-refractivity contribution is 0.0747. The number of hydrogen-bond acceptors (Lipinski definition) is 3. The Hall–Kier alpha value is -1.68. The van der Waals surface area contributed by atoms with E-state index in [1.807, 2.05) is 0 Å². The largest absolute Gasteiger partial charge is 0.380 e. The molecule has 1 radical (unpaired) electrons. The predicted molar refractivity (Wildman–Crippen MR) is 98.9 cm³/mol. The minimum Gasteiger partial charge on any atom is -0.380 e. The molecule has 24 heavy (non-hydrogen) atoms. The van der Waals surface area contributed by atoms with Gasteiger partial charge in [0.15, 0.2) is 0 Å². The highest BCUT2D eigenvalue weighted by atomic mass is 16.5. The number of rotatable bonds is 7. The summed E-state index contributed by atoms with van der Waals surface area (Å²) in [5.74, 6) is 0. The first-order valence-corrected chi connectivity index (χ1v) is 8.82. The molecule has 0 atom stereocenters.